The molecule has 0 heterocycles. The molecule has 1 aliphatic rings. The second kappa shape index (κ2) is 7.12. The van der Waals surface area contributed by atoms with Gasteiger partial charge in [0.2, 0.25) is 0 Å². The number of nitrogens with zero attached hydrogens (tertiary/aromatic N) is 1. The van der Waals surface area contributed by atoms with Crippen molar-refractivity contribution in [1.82, 2.24) is 5.32 Å². The van der Waals surface area contributed by atoms with Gasteiger partial charge in [-0.15, -0.1) is 0 Å². The summed E-state index contributed by atoms with van der Waals surface area (Å²) in [4.78, 5) is 4.33. The third-order valence-corrected chi connectivity index (χ3v) is 3.58. The van der Waals surface area contributed by atoms with E-state index in [2.05, 4.69) is 10.3 Å². The third kappa shape index (κ3) is 4.89. The van der Waals surface area contributed by atoms with Crippen LogP contribution >= 0.6 is 0 Å². The molecular formula is C15H22FN3. The Hall–Kier alpha value is -1.58. The molecule has 2 rings (SSSR count). The maximum Gasteiger partial charge on any atom is 0.188 e. The predicted octanol–water partition coefficient (Wildman–Crippen LogP) is 2.46. The van der Waals surface area contributed by atoms with Gasteiger partial charge in [0.05, 0.1) is 0 Å². The molecule has 0 aliphatic heterocycles. The highest BCUT2D eigenvalue weighted by molar-refractivity contribution is 5.77. The van der Waals surface area contributed by atoms with Crippen molar-refractivity contribution >= 4 is 5.96 Å². The first kappa shape index (κ1) is 13.8. The van der Waals surface area contributed by atoms with Crippen LogP contribution in [0.5, 0.6) is 0 Å². The van der Waals surface area contributed by atoms with Gasteiger partial charge in [0, 0.05) is 13.1 Å². The Morgan fingerprint density at radius 3 is 2.95 bits per heavy atom. The van der Waals surface area contributed by atoms with Crippen LogP contribution in [0.2, 0.25) is 0 Å². The van der Waals surface area contributed by atoms with Gasteiger partial charge < -0.3 is 11.1 Å². The van der Waals surface area contributed by atoms with E-state index in [-0.39, 0.29) is 5.82 Å². The van der Waals surface area contributed by atoms with Crippen LogP contribution in [0.1, 0.15) is 31.2 Å². The normalized spacial score (nSPS) is 16.2. The topological polar surface area (TPSA) is 50.4 Å². The van der Waals surface area contributed by atoms with E-state index in [9.17, 15) is 4.39 Å². The van der Waals surface area contributed by atoms with E-state index in [0.29, 0.717) is 5.96 Å². The Morgan fingerprint density at radius 1 is 1.42 bits per heavy atom. The lowest BCUT2D eigenvalue weighted by atomic mass is 9.86. The molecule has 0 bridgehead atoms. The van der Waals surface area contributed by atoms with Crippen LogP contribution in [0.4, 0.5) is 4.39 Å². The molecule has 0 atom stereocenters. The van der Waals surface area contributed by atoms with Gasteiger partial charge in [0.1, 0.15) is 5.82 Å². The second-order valence-electron chi connectivity index (χ2n) is 5.18. The average molecular weight is 263 g/mol. The van der Waals surface area contributed by atoms with Crippen molar-refractivity contribution in [3.05, 3.63) is 35.6 Å². The highest BCUT2D eigenvalue weighted by Crippen LogP contribution is 2.26. The van der Waals surface area contributed by atoms with E-state index in [1.165, 1.54) is 25.3 Å². The van der Waals surface area contributed by atoms with E-state index in [1.807, 2.05) is 6.07 Å². The zero-order valence-electron chi connectivity index (χ0n) is 11.2. The van der Waals surface area contributed by atoms with Crippen LogP contribution in [0.3, 0.4) is 0 Å². The molecule has 3 nitrogen and oxygen atoms in total. The molecule has 0 saturated heterocycles. The summed E-state index contributed by atoms with van der Waals surface area (Å²) in [6.45, 7) is 1.62. The summed E-state index contributed by atoms with van der Waals surface area (Å²) < 4.78 is 13.0. The van der Waals surface area contributed by atoms with Gasteiger partial charge in [-0.1, -0.05) is 18.6 Å². The summed E-state index contributed by atoms with van der Waals surface area (Å²) in [5.74, 6) is 1.10. The SMILES string of the molecule is NC(=NCC1CCC1)NCCCc1cccc(F)c1. The smallest absolute Gasteiger partial charge is 0.188 e. The summed E-state index contributed by atoms with van der Waals surface area (Å²) in [7, 11) is 0. The van der Waals surface area contributed by atoms with Crippen molar-refractivity contribution in [2.24, 2.45) is 16.6 Å². The fourth-order valence-electron chi connectivity index (χ4n) is 2.16. The van der Waals surface area contributed by atoms with Crippen LogP contribution in [-0.4, -0.2) is 19.0 Å². The first-order valence-electron chi connectivity index (χ1n) is 7.02. The Kier molecular flexibility index (Phi) is 5.19. The highest BCUT2D eigenvalue weighted by atomic mass is 19.1. The third-order valence-electron chi connectivity index (χ3n) is 3.58. The first-order chi connectivity index (χ1) is 9.24. The summed E-state index contributed by atoms with van der Waals surface area (Å²) >= 11 is 0. The summed E-state index contributed by atoms with van der Waals surface area (Å²) in [5.41, 5.74) is 6.80. The molecule has 1 saturated carbocycles. The maximum absolute atomic E-state index is 13.0. The number of guanidine groups is 1. The molecule has 1 fully saturated rings. The maximum atomic E-state index is 13.0. The Bertz CT molecular complexity index is 427. The van der Waals surface area contributed by atoms with Crippen molar-refractivity contribution in [2.45, 2.75) is 32.1 Å². The van der Waals surface area contributed by atoms with Crippen molar-refractivity contribution < 1.29 is 4.39 Å². The van der Waals surface area contributed by atoms with E-state index in [4.69, 9.17) is 5.73 Å². The fourth-order valence-corrected chi connectivity index (χ4v) is 2.16. The standard InChI is InChI=1S/C15H22FN3/c16-14-8-2-4-12(10-14)7-3-9-18-15(17)19-11-13-5-1-6-13/h2,4,8,10,13H,1,3,5-7,9,11H2,(H3,17,18,19). The van der Waals surface area contributed by atoms with E-state index in [0.717, 1.165) is 37.4 Å². The number of aryl methyl sites for hydroxylation is 1. The molecule has 0 amide bonds. The van der Waals surface area contributed by atoms with Gasteiger partial charge >= 0.3 is 0 Å². The van der Waals surface area contributed by atoms with Crippen LogP contribution in [0.15, 0.2) is 29.3 Å². The number of hydrogen-bond acceptors (Lipinski definition) is 1. The Labute approximate surface area is 114 Å². The largest absolute Gasteiger partial charge is 0.370 e. The van der Waals surface area contributed by atoms with Crippen molar-refractivity contribution in [1.29, 1.82) is 0 Å². The second-order valence-corrected chi connectivity index (χ2v) is 5.18. The quantitative estimate of drug-likeness (QED) is 0.470. The first-order valence-corrected chi connectivity index (χ1v) is 7.02. The van der Waals surface area contributed by atoms with Gasteiger partial charge in [-0.25, -0.2) is 4.39 Å². The van der Waals surface area contributed by atoms with Crippen LogP contribution in [0.25, 0.3) is 0 Å². The Morgan fingerprint density at radius 2 is 2.26 bits per heavy atom. The molecule has 0 spiro atoms. The number of hydrogen-bond donors (Lipinski definition) is 2. The zero-order valence-corrected chi connectivity index (χ0v) is 11.2. The van der Waals surface area contributed by atoms with Gasteiger partial charge in [0.15, 0.2) is 5.96 Å². The van der Waals surface area contributed by atoms with E-state index >= 15 is 0 Å². The lowest BCUT2D eigenvalue weighted by Crippen LogP contribution is -2.33. The molecule has 0 radical (unpaired) electrons. The summed E-state index contributed by atoms with van der Waals surface area (Å²) in [5, 5.41) is 3.11. The van der Waals surface area contributed by atoms with Crippen molar-refractivity contribution in [3.8, 4) is 0 Å². The molecule has 3 N–H and O–H groups in total. The lowest BCUT2D eigenvalue weighted by Gasteiger charge is -2.23. The van der Waals surface area contributed by atoms with Gasteiger partial charge in [-0.05, 0) is 49.3 Å². The van der Waals surface area contributed by atoms with E-state index in [1.54, 1.807) is 12.1 Å². The van der Waals surface area contributed by atoms with Gasteiger partial charge in [-0.2, -0.15) is 0 Å². The van der Waals surface area contributed by atoms with Crippen LogP contribution in [-0.2, 0) is 6.42 Å². The average Bonchev–Trinajstić information content (AvgIpc) is 2.33. The summed E-state index contributed by atoms with van der Waals surface area (Å²) in [6.07, 6.45) is 5.68. The number of rotatable bonds is 6. The number of nitrogens with two attached hydrogens (primary N) is 1. The molecule has 1 aliphatic carbocycles. The molecular weight excluding hydrogens is 241 g/mol. The van der Waals surface area contributed by atoms with Crippen LogP contribution < -0.4 is 11.1 Å². The minimum absolute atomic E-state index is 0.174. The minimum Gasteiger partial charge on any atom is -0.370 e. The molecule has 1 aromatic rings. The van der Waals surface area contributed by atoms with E-state index < -0.39 is 0 Å². The minimum atomic E-state index is -0.174. The summed E-state index contributed by atoms with van der Waals surface area (Å²) in [6, 6.07) is 6.73. The number of halogens is 1. The fraction of sp³-hybridized carbons (Fsp3) is 0.533. The molecule has 19 heavy (non-hydrogen) atoms. The molecule has 4 heteroatoms. The van der Waals surface area contributed by atoms with Gasteiger partial charge in [-0.3, -0.25) is 4.99 Å². The monoisotopic (exact) mass is 263 g/mol. The molecule has 0 unspecified atom stereocenters. The zero-order chi connectivity index (χ0) is 13.5. The van der Waals surface area contributed by atoms with Crippen molar-refractivity contribution in [3.63, 3.8) is 0 Å². The number of nitrogens with one attached hydrogen (secondary N) is 1. The number of aliphatic imine (C=N–C) groups is 1. The molecule has 104 valence electrons. The highest BCUT2D eigenvalue weighted by Gasteiger charge is 2.16. The molecule has 1 aromatic carbocycles. The predicted molar refractivity (Wildman–Crippen MR) is 76.6 cm³/mol. The lowest BCUT2D eigenvalue weighted by molar-refractivity contribution is 0.326. The Balaban J connectivity index is 1.60. The molecule has 0 aromatic heterocycles. The van der Waals surface area contributed by atoms with Gasteiger partial charge in [0.25, 0.3) is 0 Å². The number of benzene rings is 1. The van der Waals surface area contributed by atoms with Crippen molar-refractivity contribution in [2.75, 3.05) is 13.1 Å². The van der Waals surface area contributed by atoms with Crippen LogP contribution in [0, 0.1) is 11.7 Å².